The van der Waals surface area contributed by atoms with Crippen LogP contribution in [0.3, 0.4) is 0 Å². The minimum atomic E-state index is -0.428. The average molecular weight is 321 g/mol. The number of rotatable bonds is 4. The fourth-order valence-corrected chi connectivity index (χ4v) is 1.90. The number of nitrogens with one attached hydrogen (secondary N) is 2. The van der Waals surface area contributed by atoms with Crippen molar-refractivity contribution in [2.75, 3.05) is 6.54 Å². The molecule has 0 fully saturated rings. The molecule has 0 saturated carbocycles. The number of halogens is 3. The lowest BCUT2D eigenvalue weighted by molar-refractivity contribution is 0.0949. The lowest BCUT2D eigenvalue weighted by atomic mass is 10.3. The highest BCUT2D eigenvalue weighted by Crippen LogP contribution is 2.30. The van der Waals surface area contributed by atoms with Crippen molar-refractivity contribution in [1.82, 2.24) is 25.5 Å². The molecule has 1 amide bonds. The Bertz CT molecular complexity index is 587. The van der Waals surface area contributed by atoms with Crippen LogP contribution in [0.2, 0.25) is 15.1 Å². The van der Waals surface area contributed by atoms with Gasteiger partial charge in [0.15, 0.2) is 0 Å². The first-order valence-corrected chi connectivity index (χ1v) is 6.35. The fourth-order valence-electron chi connectivity index (χ4n) is 1.33. The van der Waals surface area contributed by atoms with Crippen LogP contribution in [0.25, 0.3) is 0 Å². The van der Waals surface area contributed by atoms with Crippen LogP contribution in [0.5, 0.6) is 0 Å². The van der Waals surface area contributed by atoms with Crippen LogP contribution in [0.15, 0.2) is 12.5 Å². The van der Waals surface area contributed by atoms with Gasteiger partial charge in [0.2, 0.25) is 0 Å². The Balaban J connectivity index is 1.98. The van der Waals surface area contributed by atoms with E-state index in [1.165, 1.54) is 12.5 Å². The number of hydrogen-bond donors (Lipinski definition) is 2. The highest BCUT2D eigenvalue weighted by atomic mass is 35.5. The number of carbonyl (C=O) groups excluding carboxylic acids is 1. The van der Waals surface area contributed by atoms with Gasteiger partial charge in [-0.15, -0.1) is 0 Å². The van der Waals surface area contributed by atoms with Gasteiger partial charge in [0.1, 0.15) is 17.8 Å². The van der Waals surface area contributed by atoms with Gasteiger partial charge < -0.3 is 5.32 Å². The predicted octanol–water partition coefficient (Wildman–Crippen LogP) is 2.13. The van der Waals surface area contributed by atoms with Crippen LogP contribution in [0.1, 0.15) is 16.3 Å². The van der Waals surface area contributed by atoms with Crippen LogP contribution < -0.4 is 5.32 Å². The van der Waals surface area contributed by atoms with E-state index in [0.717, 1.165) is 0 Å². The smallest absolute Gasteiger partial charge is 0.271 e. The van der Waals surface area contributed by atoms with Crippen LogP contribution in [-0.2, 0) is 6.42 Å². The van der Waals surface area contributed by atoms with Crippen molar-refractivity contribution in [2.45, 2.75) is 6.42 Å². The Morgan fingerprint density at radius 1 is 1.26 bits per heavy atom. The van der Waals surface area contributed by atoms with E-state index < -0.39 is 5.91 Å². The summed E-state index contributed by atoms with van der Waals surface area (Å²) in [7, 11) is 0. The van der Waals surface area contributed by atoms with E-state index in [4.69, 9.17) is 34.8 Å². The first kappa shape index (κ1) is 14.0. The molecule has 0 aliphatic heterocycles. The Morgan fingerprint density at radius 2 is 2.05 bits per heavy atom. The average Bonchev–Trinajstić information content (AvgIpc) is 2.89. The molecule has 0 radical (unpaired) electrons. The van der Waals surface area contributed by atoms with Gasteiger partial charge in [-0.25, -0.2) is 9.97 Å². The van der Waals surface area contributed by atoms with Crippen molar-refractivity contribution in [3.8, 4) is 0 Å². The van der Waals surface area contributed by atoms with Crippen molar-refractivity contribution in [2.24, 2.45) is 0 Å². The Labute approximate surface area is 123 Å². The molecule has 100 valence electrons. The molecular formula is C10H8Cl3N5O. The standard InChI is InChI=1S/C10H8Cl3N5O/c11-5-3-15-9(8(13)7(5)12)10(19)14-2-1-6-16-4-17-18-6/h3-4H,1-2H2,(H,14,19)(H,16,17,18). The zero-order valence-corrected chi connectivity index (χ0v) is 11.7. The summed E-state index contributed by atoms with van der Waals surface area (Å²) in [6.07, 6.45) is 3.19. The molecule has 0 atom stereocenters. The number of aromatic amines is 1. The molecule has 2 aromatic rings. The maximum absolute atomic E-state index is 11.9. The summed E-state index contributed by atoms with van der Waals surface area (Å²) in [5.41, 5.74) is 0.0358. The second-order valence-corrected chi connectivity index (χ2v) is 4.68. The highest BCUT2D eigenvalue weighted by Gasteiger charge is 2.16. The number of amides is 1. The minimum Gasteiger partial charge on any atom is -0.350 e. The summed E-state index contributed by atoms with van der Waals surface area (Å²) in [5.74, 6) is 0.247. The summed E-state index contributed by atoms with van der Waals surface area (Å²) in [6.45, 7) is 0.367. The summed E-state index contributed by atoms with van der Waals surface area (Å²) >= 11 is 17.5. The maximum Gasteiger partial charge on any atom is 0.271 e. The number of hydrogen-bond acceptors (Lipinski definition) is 4. The van der Waals surface area contributed by atoms with Crippen LogP contribution >= 0.6 is 34.8 Å². The number of carbonyl (C=O) groups is 1. The van der Waals surface area contributed by atoms with Crippen LogP contribution in [-0.4, -0.2) is 32.6 Å². The molecule has 6 nitrogen and oxygen atoms in total. The molecule has 2 rings (SSSR count). The van der Waals surface area contributed by atoms with E-state index >= 15 is 0 Å². The van der Waals surface area contributed by atoms with Crippen LogP contribution in [0.4, 0.5) is 0 Å². The monoisotopic (exact) mass is 319 g/mol. The maximum atomic E-state index is 11.9. The molecule has 0 aliphatic rings. The SMILES string of the molecule is O=C(NCCc1ncn[nH]1)c1ncc(Cl)c(Cl)c1Cl. The van der Waals surface area contributed by atoms with Gasteiger partial charge in [0.25, 0.3) is 5.91 Å². The first-order chi connectivity index (χ1) is 9.09. The zero-order valence-electron chi connectivity index (χ0n) is 9.45. The molecule has 2 aromatic heterocycles. The molecule has 0 spiro atoms. The third-order valence-electron chi connectivity index (χ3n) is 2.24. The Hall–Kier alpha value is -1.37. The molecule has 0 saturated heterocycles. The molecule has 19 heavy (non-hydrogen) atoms. The van der Waals surface area contributed by atoms with E-state index in [2.05, 4.69) is 25.5 Å². The van der Waals surface area contributed by atoms with Crippen molar-refractivity contribution >= 4 is 40.7 Å². The molecule has 0 bridgehead atoms. The van der Waals surface area contributed by atoms with Gasteiger partial charge in [-0.3, -0.25) is 9.89 Å². The molecule has 9 heteroatoms. The van der Waals surface area contributed by atoms with Crippen molar-refractivity contribution < 1.29 is 4.79 Å². The van der Waals surface area contributed by atoms with Gasteiger partial charge in [0.05, 0.1) is 15.1 Å². The molecule has 0 unspecified atom stereocenters. The summed E-state index contributed by atoms with van der Waals surface area (Å²) in [4.78, 5) is 19.6. The van der Waals surface area contributed by atoms with Crippen molar-refractivity contribution in [3.05, 3.63) is 39.1 Å². The van der Waals surface area contributed by atoms with Crippen molar-refractivity contribution in [1.29, 1.82) is 0 Å². The summed E-state index contributed by atoms with van der Waals surface area (Å²) < 4.78 is 0. The third-order valence-corrected chi connectivity index (χ3v) is 3.49. The number of pyridine rings is 1. The van der Waals surface area contributed by atoms with E-state index in [-0.39, 0.29) is 20.8 Å². The van der Waals surface area contributed by atoms with Gasteiger partial charge in [-0.1, -0.05) is 34.8 Å². The lowest BCUT2D eigenvalue weighted by Gasteiger charge is -2.06. The van der Waals surface area contributed by atoms with Gasteiger partial charge in [0, 0.05) is 19.2 Å². The quantitative estimate of drug-likeness (QED) is 0.904. The van der Waals surface area contributed by atoms with Crippen molar-refractivity contribution in [3.63, 3.8) is 0 Å². The zero-order chi connectivity index (χ0) is 13.8. The Kier molecular flexibility index (Phi) is 4.57. The molecule has 2 heterocycles. The molecular weight excluding hydrogens is 313 g/mol. The largest absolute Gasteiger partial charge is 0.350 e. The van der Waals surface area contributed by atoms with Gasteiger partial charge in [-0.2, -0.15) is 5.10 Å². The van der Waals surface area contributed by atoms with E-state index in [1.807, 2.05) is 0 Å². The molecule has 0 aliphatic carbocycles. The second-order valence-electron chi connectivity index (χ2n) is 3.52. The Morgan fingerprint density at radius 3 is 2.74 bits per heavy atom. The predicted molar refractivity (Wildman–Crippen MR) is 71.7 cm³/mol. The topological polar surface area (TPSA) is 83.6 Å². The molecule has 2 N–H and O–H groups in total. The first-order valence-electron chi connectivity index (χ1n) is 5.21. The number of aromatic nitrogens is 4. The van der Waals surface area contributed by atoms with E-state index in [0.29, 0.717) is 18.8 Å². The lowest BCUT2D eigenvalue weighted by Crippen LogP contribution is -2.27. The van der Waals surface area contributed by atoms with Crippen LogP contribution in [0, 0.1) is 0 Å². The minimum absolute atomic E-state index is 0.0336. The summed E-state index contributed by atoms with van der Waals surface area (Å²) in [6, 6.07) is 0. The number of nitrogens with zero attached hydrogens (tertiary/aromatic N) is 3. The second kappa shape index (κ2) is 6.18. The molecule has 0 aromatic carbocycles. The van der Waals surface area contributed by atoms with E-state index in [1.54, 1.807) is 0 Å². The summed E-state index contributed by atoms with van der Waals surface area (Å²) in [5, 5.41) is 9.38. The van der Waals surface area contributed by atoms with Gasteiger partial charge >= 0.3 is 0 Å². The fraction of sp³-hybridized carbons (Fsp3) is 0.200. The third kappa shape index (κ3) is 3.34. The highest BCUT2D eigenvalue weighted by molar-refractivity contribution is 6.48. The number of H-pyrrole nitrogens is 1. The van der Waals surface area contributed by atoms with E-state index in [9.17, 15) is 4.79 Å². The normalized spacial score (nSPS) is 10.5. The van der Waals surface area contributed by atoms with Gasteiger partial charge in [-0.05, 0) is 0 Å².